The molecule has 100 valence electrons. The first-order valence-corrected chi connectivity index (χ1v) is 6.85. The maximum Gasteiger partial charge on any atom is 0.331 e. The fourth-order valence-corrected chi connectivity index (χ4v) is 3.24. The summed E-state index contributed by atoms with van der Waals surface area (Å²) in [5.74, 6) is -0.655. The number of nitrogens with zero attached hydrogens (tertiary/aromatic N) is 1. The molecule has 0 aromatic carbocycles. The molecular weight excluding hydrogens is 248 g/mol. The van der Waals surface area contributed by atoms with Gasteiger partial charge in [-0.2, -0.15) is 12.7 Å². The summed E-state index contributed by atoms with van der Waals surface area (Å²) in [6.07, 6.45) is 0.988. The minimum atomic E-state index is -3.75. The summed E-state index contributed by atoms with van der Waals surface area (Å²) < 4.78 is 24.8. The van der Waals surface area contributed by atoms with Crippen LogP contribution in [0.1, 0.15) is 20.3 Å². The zero-order valence-electron chi connectivity index (χ0n) is 9.92. The zero-order valence-corrected chi connectivity index (χ0v) is 10.7. The van der Waals surface area contributed by atoms with Crippen LogP contribution in [0.2, 0.25) is 0 Å². The number of carboxylic acid groups (broad SMARTS) is 1. The van der Waals surface area contributed by atoms with E-state index in [-0.39, 0.29) is 11.8 Å². The summed E-state index contributed by atoms with van der Waals surface area (Å²) in [6, 6.07) is 0. The highest BCUT2D eigenvalue weighted by molar-refractivity contribution is 7.87. The average molecular weight is 266 g/mol. The van der Waals surface area contributed by atoms with Crippen molar-refractivity contribution in [3.63, 3.8) is 0 Å². The third-order valence-electron chi connectivity index (χ3n) is 2.54. The second-order valence-corrected chi connectivity index (χ2v) is 6.17. The van der Waals surface area contributed by atoms with Crippen LogP contribution in [0.5, 0.6) is 0 Å². The van der Waals surface area contributed by atoms with Gasteiger partial charge in [-0.1, -0.05) is 18.7 Å². The van der Waals surface area contributed by atoms with Gasteiger partial charge in [0.2, 0.25) is 0 Å². The standard InChI is InChI=1S/C9H18N2O5S/c1-7-3-8(2)5-11(4-7)17(14,15)10-16-6-9(12)13/h7-8,10H,3-6H2,1-2H3,(H,12,13). The Bertz CT molecular complexity index is 360. The fraction of sp³-hybridized carbons (Fsp3) is 0.889. The number of carbonyl (C=O) groups is 1. The van der Waals surface area contributed by atoms with Gasteiger partial charge in [0, 0.05) is 13.1 Å². The van der Waals surface area contributed by atoms with Crippen LogP contribution in [0, 0.1) is 11.8 Å². The maximum atomic E-state index is 11.8. The molecule has 1 rings (SSSR count). The van der Waals surface area contributed by atoms with E-state index in [1.54, 1.807) is 0 Å². The number of aliphatic carboxylic acids is 1. The molecule has 2 N–H and O–H groups in total. The SMILES string of the molecule is CC1CC(C)CN(S(=O)(=O)NOCC(=O)O)C1. The Morgan fingerprint density at radius 3 is 2.41 bits per heavy atom. The third-order valence-corrected chi connectivity index (χ3v) is 3.84. The van der Waals surface area contributed by atoms with Crippen molar-refractivity contribution in [2.75, 3.05) is 19.7 Å². The van der Waals surface area contributed by atoms with Gasteiger partial charge in [-0.05, 0) is 18.3 Å². The Kier molecular flexibility index (Phi) is 4.87. The molecule has 1 fully saturated rings. The van der Waals surface area contributed by atoms with Gasteiger partial charge in [-0.25, -0.2) is 4.79 Å². The molecule has 0 aliphatic carbocycles. The van der Waals surface area contributed by atoms with Gasteiger partial charge in [0.05, 0.1) is 0 Å². The number of rotatable bonds is 5. The monoisotopic (exact) mass is 266 g/mol. The van der Waals surface area contributed by atoms with Crippen molar-refractivity contribution in [1.82, 2.24) is 9.19 Å². The van der Waals surface area contributed by atoms with Crippen molar-refractivity contribution < 1.29 is 23.2 Å². The van der Waals surface area contributed by atoms with Crippen molar-refractivity contribution in [1.29, 1.82) is 0 Å². The van der Waals surface area contributed by atoms with E-state index in [0.29, 0.717) is 13.1 Å². The van der Waals surface area contributed by atoms with Gasteiger partial charge < -0.3 is 5.11 Å². The van der Waals surface area contributed by atoms with Crippen molar-refractivity contribution in [2.45, 2.75) is 20.3 Å². The molecule has 0 radical (unpaired) electrons. The molecule has 0 aromatic rings. The van der Waals surface area contributed by atoms with Crippen LogP contribution >= 0.6 is 0 Å². The lowest BCUT2D eigenvalue weighted by atomic mass is 9.94. The van der Waals surface area contributed by atoms with E-state index in [1.165, 1.54) is 4.31 Å². The molecule has 2 atom stereocenters. The molecule has 0 aromatic heterocycles. The molecule has 17 heavy (non-hydrogen) atoms. The lowest BCUT2D eigenvalue weighted by molar-refractivity contribution is -0.143. The van der Waals surface area contributed by atoms with Gasteiger partial charge in [-0.3, -0.25) is 4.84 Å². The second-order valence-electron chi connectivity index (χ2n) is 4.53. The van der Waals surface area contributed by atoms with E-state index < -0.39 is 22.8 Å². The van der Waals surface area contributed by atoms with E-state index >= 15 is 0 Å². The van der Waals surface area contributed by atoms with Gasteiger partial charge in [0.15, 0.2) is 6.61 Å². The smallest absolute Gasteiger partial charge is 0.331 e. The predicted octanol–water partition coefficient (Wildman–Crippen LogP) is -0.185. The normalized spacial score (nSPS) is 26.9. The van der Waals surface area contributed by atoms with Crippen LogP contribution < -0.4 is 4.89 Å². The van der Waals surface area contributed by atoms with Crippen LogP contribution in [0.3, 0.4) is 0 Å². The summed E-state index contributed by atoms with van der Waals surface area (Å²) in [5, 5.41) is 8.33. The van der Waals surface area contributed by atoms with Gasteiger partial charge in [0.1, 0.15) is 0 Å². The Labute approximate surface area is 101 Å². The van der Waals surface area contributed by atoms with E-state index in [9.17, 15) is 13.2 Å². The Morgan fingerprint density at radius 1 is 1.41 bits per heavy atom. The van der Waals surface area contributed by atoms with Gasteiger partial charge in [0.25, 0.3) is 0 Å². The topological polar surface area (TPSA) is 95.9 Å². The molecule has 1 aliphatic rings. The molecule has 0 bridgehead atoms. The van der Waals surface area contributed by atoms with Crippen LogP contribution in [0.25, 0.3) is 0 Å². The first kappa shape index (κ1) is 14.4. The van der Waals surface area contributed by atoms with Crippen LogP contribution in [-0.4, -0.2) is 43.5 Å². The minimum absolute atomic E-state index is 0.287. The van der Waals surface area contributed by atoms with E-state index in [2.05, 4.69) is 4.84 Å². The average Bonchev–Trinajstić information content (AvgIpc) is 2.14. The van der Waals surface area contributed by atoms with Crippen LogP contribution in [0.15, 0.2) is 0 Å². The van der Waals surface area contributed by atoms with Gasteiger partial charge in [-0.15, -0.1) is 0 Å². The molecule has 7 nitrogen and oxygen atoms in total. The number of piperidine rings is 1. The van der Waals surface area contributed by atoms with E-state index in [0.717, 1.165) is 6.42 Å². The third kappa shape index (κ3) is 4.58. The van der Waals surface area contributed by atoms with Crippen molar-refractivity contribution >= 4 is 16.2 Å². The highest BCUT2D eigenvalue weighted by Crippen LogP contribution is 2.22. The van der Waals surface area contributed by atoms with Crippen molar-refractivity contribution in [3.05, 3.63) is 0 Å². The quantitative estimate of drug-likeness (QED) is 0.673. The van der Waals surface area contributed by atoms with Crippen LogP contribution in [0.4, 0.5) is 0 Å². The van der Waals surface area contributed by atoms with Crippen molar-refractivity contribution in [2.24, 2.45) is 11.8 Å². The Morgan fingerprint density at radius 2 is 1.94 bits per heavy atom. The number of hydrogen-bond donors (Lipinski definition) is 2. The first-order chi connectivity index (χ1) is 7.81. The molecule has 1 aliphatic heterocycles. The maximum absolute atomic E-state index is 11.8. The molecule has 0 spiro atoms. The molecule has 1 saturated heterocycles. The highest BCUT2D eigenvalue weighted by Gasteiger charge is 2.30. The summed E-state index contributed by atoms with van der Waals surface area (Å²) in [6.45, 7) is 4.12. The molecule has 0 saturated carbocycles. The summed E-state index contributed by atoms with van der Waals surface area (Å²) in [7, 11) is -3.75. The number of hydrogen-bond acceptors (Lipinski definition) is 4. The second kappa shape index (κ2) is 5.76. The largest absolute Gasteiger partial charge is 0.479 e. The van der Waals surface area contributed by atoms with E-state index in [1.807, 2.05) is 18.7 Å². The fourth-order valence-electron chi connectivity index (χ4n) is 2.02. The van der Waals surface area contributed by atoms with E-state index in [4.69, 9.17) is 5.11 Å². The Balaban J connectivity index is 2.54. The molecule has 2 unspecified atom stereocenters. The summed E-state index contributed by atoms with van der Waals surface area (Å²) in [5.41, 5.74) is 0. The highest BCUT2D eigenvalue weighted by atomic mass is 32.2. The zero-order chi connectivity index (χ0) is 13.1. The Hall–Kier alpha value is -0.700. The first-order valence-electron chi connectivity index (χ1n) is 5.41. The number of nitrogens with one attached hydrogen (secondary N) is 1. The van der Waals surface area contributed by atoms with Gasteiger partial charge >= 0.3 is 16.2 Å². The molecule has 0 amide bonds. The lowest BCUT2D eigenvalue weighted by Gasteiger charge is -2.33. The minimum Gasteiger partial charge on any atom is -0.479 e. The van der Waals surface area contributed by atoms with Crippen molar-refractivity contribution in [3.8, 4) is 0 Å². The predicted molar refractivity (Wildman–Crippen MR) is 60.2 cm³/mol. The summed E-state index contributed by atoms with van der Waals surface area (Å²) >= 11 is 0. The lowest BCUT2D eigenvalue weighted by Crippen LogP contribution is -2.48. The molecule has 1 heterocycles. The summed E-state index contributed by atoms with van der Waals surface area (Å²) in [4.78, 5) is 16.4. The molecular formula is C9H18N2O5S. The number of carboxylic acids is 1. The molecule has 8 heteroatoms. The van der Waals surface area contributed by atoms with Crippen LogP contribution in [-0.2, 0) is 19.8 Å².